The zero-order valence-electron chi connectivity index (χ0n) is 9.92. The first-order valence-corrected chi connectivity index (χ1v) is 6.40. The van der Waals surface area contributed by atoms with E-state index in [2.05, 4.69) is 31.8 Å². The summed E-state index contributed by atoms with van der Waals surface area (Å²) in [6, 6.07) is 1.75. The van der Waals surface area contributed by atoms with Gasteiger partial charge in [0.2, 0.25) is 6.39 Å². The Balaban J connectivity index is 1.91. The first-order valence-electron chi connectivity index (χ1n) is 5.52. The topological polar surface area (TPSA) is 88.3 Å². The lowest BCUT2D eigenvalue weighted by Crippen LogP contribution is -2.25. The van der Waals surface area contributed by atoms with Crippen molar-refractivity contribution in [3.05, 3.63) is 34.1 Å². The number of thiophene rings is 1. The molecule has 7 heteroatoms. The van der Waals surface area contributed by atoms with E-state index in [1.165, 1.54) is 17.7 Å². The Morgan fingerprint density at radius 1 is 1.58 bits per heavy atom. The number of carbonyl (C=O) groups is 1. The number of nitrogens with one attached hydrogen (secondary N) is 1. The highest BCUT2D eigenvalue weighted by Gasteiger charge is 2.11. The van der Waals surface area contributed by atoms with Crippen LogP contribution in [0, 0.1) is 11.8 Å². The molecule has 0 spiro atoms. The van der Waals surface area contributed by atoms with E-state index >= 15 is 0 Å². The van der Waals surface area contributed by atoms with Crippen molar-refractivity contribution in [1.29, 1.82) is 0 Å². The predicted molar refractivity (Wildman–Crippen MR) is 68.6 cm³/mol. The van der Waals surface area contributed by atoms with E-state index < -0.39 is 0 Å². The molecule has 0 fully saturated rings. The molecule has 0 aliphatic heterocycles. The average molecular weight is 277 g/mol. The van der Waals surface area contributed by atoms with Gasteiger partial charge in [-0.3, -0.25) is 4.79 Å². The number of amides is 1. The minimum Gasteiger partial charge on any atom is -0.384 e. The Bertz CT molecular complexity index is 595. The highest BCUT2D eigenvalue weighted by Crippen LogP contribution is 2.15. The maximum absolute atomic E-state index is 11.9. The molecule has 0 aliphatic carbocycles. The fourth-order valence-electron chi connectivity index (χ4n) is 1.39. The zero-order valence-corrected chi connectivity index (χ0v) is 10.7. The summed E-state index contributed by atoms with van der Waals surface area (Å²) in [6.07, 6.45) is 1.75. The fraction of sp³-hybridized carbons (Fsp3) is 0.250. The molecule has 0 bridgehead atoms. The zero-order chi connectivity index (χ0) is 13.5. The van der Waals surface area contributed by atoms with Gasteiger partial charge in [-0.05, 0) is 11.4 Å². The van der Waals surface area contributed by atoms with Crippen molar-refractivity contribution in [1.82, 2.24) is 15.5 Å². The van der Waals surface area contributed by atoms with Crippen molar-refractivity contribution in [3.63, 3.8) is 0 Å². The molecule has 6 nitrogen and oxygen atoms in total. The molecule has 0 saturated heterocycles. The molecule has 0 aliphatic rings. The van der Waals surface area contributed by atoms with Crippen LogP contribution in [0.4, 0.5) is 0 Å². The maximum Gasteiger partial charge on any atom is 0.262 e. The molecule has 0 saturated carbocycles. The molecule has 2 aromatic rings. The van der Waals surface area contributed by atoms with E-state index in [4.69, 9.17) is 5.11 Å². The average Bonchev–Trinajstić information content (AvgIpc) is 3.07. The molecule has 0 atom stereocenters. The van der Waals surface area contributed by atoms with E-state index in [1.54, 1.807) is 11.4 Å². The molecule has 2 heterocycles. The van der Waals surface area contributed by atoms with Crippen molar-refractivity contribution in [3.8, 4) is 11.8 Å². The van der Waals surface area contributed by atoms with Gasteiger partial charge in [0.15, 0.2) is 5.82 Å². The Kier molecular flexibility index (Phi) is 4.66. The van der Waals surface area contributed by atoms with Crippen molar-refractivity contribution in [2.45, 2.75) is 6.42 Å². The summed E-state index contributed by atoms with van der Waals surface area (Å²) >= 11 is 1.31. The van der Waals surface area contributed by atoms with E-state index in [9.17, 15) is 4.79 Å². The second kappa shape index (κ2) is 6.68. The number of carbonyl (C=O) groups excluding carboxylic acids is 1. The number of hydrogen-bond donors (Lipinski definition) is 2. The quantitative estimate of drug-likeness (QED) is 0.792. The molecule has 2 rings (SSSR count). The molecule has 98 valence electrons. The second-order valence-corrected chi connectivity index (χ2v) is 4.39. The van der Waals surface area contributed by atoms with Gasteiger partial charge in [0, 0.05) is 18.5 Å². The van der Waals surface area contributed by atoms with Crippen molar-refractivity contribution in [2.24, 2.45) is 0 Å². The largest absolute Gasteiger partial charge is 0.384 e. The van der Waals surface area contributed by atoms with Crippen LogP contribution in [0.3, 0.4) is 0 Å². The molecular formula is C12H11N3O3S. The molecule has 2 aromatic heterocycles. The summed E-state index contributed by atoms with van der Waals surface area (Å²) in [4.78, 5) is 16.3. The number of rotatable bonds is 4. The first-order chi connectivity index (χ1) is 9.31. The van der Waals surface area contributed by atoms with Gasteiger partial charge in [-0.15, -0.1) is 11.3 Å². The third kappa shape index (κ3) is 3.64. The van der Waals surface area contributed by atoms with Gasteiger partial charge in [-0.25, -0.2) is 0 Å². The van der Waals surface area contributed by atoms with Crippen LogP contribution in [0.15, 0.2) is 22.4 Å². The van der Waals surface area contributed by atoms with Crippen LogP contribution in [0.2, 0.25) is 0 Å². The van der Waals surface area contributed by atoms with E-state index in [1.807, 2.05) is 0 Å². The third-order valence-corrected chi connectivity index (χ3v) is 3.13. The minimum absolute atomic E-state index is 0.194. The van der Waals surface area contributed by atoms with Crippen LogP contribution in [-0.4, -0.2) is 34.3 Å². The maximum atomic E-state index is 11.9. The van der Waals surface area contributed by atoms with Crippen LogP contribution in [0.5, 0.6) is 0 Å². The van der Waals surface area contributed by atoms with Crippen LogP contribution >= 0.6 is 11.3 Å². The number of aliphatic hydroxyl groups excluding tert-OH is 1. The highest BCUT2D eigenvalue weighted by atomic mass is 32.1. The summed E-state index contributed by atoms with van der Waals surface area (Å²) in [5.74, 6) is 5.62. The molecule has 0 unspecified atom stereocenters. The van der Waals surface area contributed by atoms with Crippen LogP contribution < -0.4 is 5.32 Å². The third-order valence-electron chi connectivity index (χ3n) is 2.21. The predicted octanol–water partition coefficient (Wildman–Crippen LogP) is 0.447. The Morgan fingerprint density at radius 3 is 3.21 bits per heavy atom. The highest BCUT2D eigenvalue weighted by molar-refractivity contribution is 7.12. The molecular weight excluding hydrogens is 266 g/mol. The monoisotopic (exact) mass is 277 g/mol. The van der Waals surface area contributed by atoms with Gasteiger partial charge in [-0.1, -0.05) is 17.0 Å². The summed E-state index contributed by atoms with van der Waals surface area (Å²) in [5.41, 5.74) is 0.621. The van der Waals surface area contributed by atoms with Crippen molar-refractivity contribution >= 4 is 17.2 Å². The van der Waals surface area contributed by atoms with Crippen molar-refractivity contribution in [2.75, 3.05) is 13.2 Å². The molecule has 1 amide bonds. The summed E-state index contributed by atoms with van der Waals surface area (Å²) < 4.78 is 4.59. The summed E-state index contributed by atoms with van der Waals surface area (Å²) in [6.45, 7) is 0.192. The second-order valence-electron chi connectivity index (χ2n) is 3.48. The summed E-state index contributed by atoms with van der Waals surface area (Å²) in [7, 11) is 0. The lowest BCUT2D eigenvalue weighted by molar-refractivity contribution is 0.0957. The number of nitrogens with zero attached hydrogens (tertiary/aromatic N) is 2. The van der Waals surface area contributed by atoms with Gasteiger partial charge in [0.05, 0.1) is 0 Å². The molecule has 2 N–H and O–H groups in total. The minimum atomic E-state index is -0.227. The van der Waals surface area contributed by atoms with Gasteiger partial charge in [0.25, 0.3) is 5.91 Å². The van der Waals surface area contributed by atoms with E-state index in [-0.39, 0.29) is 12.5 Å². The molecule has 19 heavy (non-hydrogen) atoms. The first kappa shape index (κ1) is 13.3. The smallest absolute Gasteiger partial charge is 0.262 e. The Hall–Kier alpha value is -2.17. The van der Waals surface area contributed by atoms with E-state index in [0.717, 1.165) is 0 Å². The Morgan fingerprint density at radius 2 is 2.47 bits per heavy atom. The standard InChI is InChI=1S/C12H11N3O3S/c16-6-1-2-9-4-7-19-11(9)12(17)13-5-3-10-14-8-18-15-10/h4,7-8,16H,3,5-6H2,(H,13,17). The number of aliphatic hydroxyl groups is 1. The fourth-order valence-corrected chi connectivity index (χ4v) is 2.15. The van der Waals surface area contributed by atoms with Crippen molar-refractivity contribution < 1.29 is 14.4 Å². The van der Waals surface area contributed by atoms with Crippen LogP contribution in [0.1, 0.15) is 21.1 Å². The molecule has 0 aromatic carbocycles. The van der Waals surface area contributed by atoms with Gasteiger partial charge < -0.3 is 14.9 Å². The van der Waals surface area contributed by atoms with Gasteiger partial charge in [0.1, 0.15) is 11.5 Å². The van der Waals surface area contributed by atoms with Gasteiger partial charge >= 0.3 is 0 Å². The SMILES string of the molecule is O=C(NCCc1ncon1)c1sccc1C#CCO. The number of hydrogen-bond acceptors (Lipinski definition) is 6. The normalized spacial score (nSPS) is 9.74. The number of aromatic nitrogens is 2. The molecule has 0 radical (unpaired) electrons. The van der Waals surface area contributed by atoms with E-state index in [0.29, 0.717) is 29.2 Å². The Labute approximate surface area is 113 Å². The van der Waals surface area contributed by atoms with Gasteiger partial charge in [-0.2, -0.15) is 4.98 Å². The van der Waals surface area contributed by atoms with Crippen LogP contribution in [-0.2, 0) is 6.42 Å². The lowest BCUT2D eigenvalue weighted by Gasteiger charge is -2.01. The summed E-state index contributed by atoms with van der Waals surface area (Å²) in [5, 5.41) is 16.8. The lowest BCUT2D eigenvalue weighted by atomic mass is 10.2. The van der Waals surface area contributed by atoms with Crippen LogP contribution in [0.25, 0.3) is 0 Å².